The quantitative estimate of drug-likeness (QED) is 0.709. The molecule has 1 aliphatic heterocycles. The van der Waals surface area contributed by atoms with Crippen molar-refractivity contribution in [2.75, 3.05) is 0 Å². The summed E-state index contributed by atoms with van der Waals surface area (Å²) in [6, 6.07) is 3.63. The van der Waals surface area contributed by atoms with Crippen molar-refractivity contribution in [3.63, 3.8) is 0 Å². The molecule has 0 aliphatic carbocycles. The van der Waals surface area contributed by atoms with Gasteiger partial charge in [-0.05, 0) is 18.6 Å². The molecule has 0 aromatic carbocycles. The molecule has 1 N–H and O–H groups in total. The topological polar surface area (TPSA) is 59.3 Å². The molecular formula is C10H11NO3. The van der Waals surface area contributed by atoms with Gasteiger partial charge in [0.25, 0.3) is 0 Å². The Balaban J connectivity index is 1.99. The number of imide groups is 1. The minimum atomic E-state index is -0.183. The minimum Gasteiger partial charge on any atom is -0.469 e. The van der Waals surface area contributed by atoms with E-state index in [4.69, 9.17) is 4.42 Å². The Morgan fingerprint density at radius 2 is 2.36 bits per heavy atom. The van der Waals surface area contributed by atoms with Gasteiger partial charge in [-0.25, -0.2) is 0 Å². The van der Waals surface area contributed by atoms with E-state index >= 15 is 0 Å². The maximum Gasteiger partial charge on any atom is 0.230 e. The van der Waals surface area contributed by atoms with Crippen molar-refractivity contribution >= 4 is 11.8 Å². The molecule has 4 heteroatoms. The van der Waals surface area contributed by atoms with E-state index in [0.29, 0.717) is 19.3 Å². The van der Waals surface area contributed by atoms with Gasteiger partial charge >= 0.3 is 0 Å². The lowest BCUT2D eigenvalue weighted by Crippen LogP contribution is -2.41. The van der Waals surface area contributed by atoms with Gasteiger partial charge in [0.15, 0.2) is 0 Å². The summed E-state index contributed by atoms with van der Waals surface area (Å²) in [7, 11) is 0. The van der Waals surface area contributed by atoms with Crippen LogP contribution in [-0.2, 0) is 16.0 Å². The molecule has 1 aliphatic rings. The maximum absolute atomic E-state index is 11.4. The molecule has 0 radical (unpaired) electrons. The Kier molecular flexibility index (Phi) is 2.35. The highest BCUT2D eigenvalue weighted by Gasteiger charge is 2.27. The first-order valence-electron chi connectivity index (χ1n) is 4.62. The van der Waals surface area contributed by atoms with Crippen LogP contribution in [0.5, 0.6) is 0 Å². The zero-order valence-corrected chi connectivity index (χ0v) is 7.66. The highest BCUT2D eigenvalue weighted by Crippen LogP contribution is 2.17. The maximum atomic E-state index is 11.4. The first-order chi connectivity index (χ1) is 6.75. The molecule has 14 heavy (non-hydrogen) atoms. The zero-order chi connectivity index (χ0) is 9.97. The second-order valence-electron chi connectivity index (χ2n) is 3.43. The molecule has 1 fully saturated rings. The Morgan fingerprint density at radius 1 is 1.50 bits per heavy atom. The monoisotopic (exact) mass is 193 g/mol. The summed E-state index contributed by atoms with van der Waals surface area (Å²) in [6.45, 7) is 0. The fourth-order valence-electron chi connectivity index (χ4n) is 1.60. The van der Waals surface area contributed by atoms with Gasteiger partial charge in [-0.15, -0.1) is 0 Å². The molecule has 1 unspecified atom stereocenters. The Hall–Kier alpha value is -1.58. The number of furan rings is 1. The number of carbonyl (C=O) groups excluding carboxylic acids is 2. The van der Waals surface area contributed by atoms with E-state index in [0.717, 1.165) is 5.76 Å². The molecule has 1 aromatic heterocycles. The van der Waals surface area contributed by atoms with Gasteiger partial charge in [-0.3, -0.25) is 14.9 Å². The molecule has 74 valence electrons. The normalized spacial score (nSPS) is 22.1. The second kappa shape index (κ2) is 3.65. The van der Waals surface area contributed by atoms with Crippen LogP contribution >= 0.6 is 0 Å². The standard InChI is InChI=1S/C10H11NO3/c12-9-4-3-7(10(13)11-9)6-8-2-1-5-14-8/h1-2,5,7H,3-4,6H2,(H,11,12,13). The van der Waals surface area contributed by atoms with Crippen LogP contribution in [0, 0.1) is 5.92 Å². The number of carbonyl (C=O) groups is 2. The lowest BCUT2D eigenvalue weighted by atomic mass is 9.94. The fraction of sp³-hybridized carbons (Fsp3) is 0.400. The summed E-state index contributed by atoms with van der Waals surface area (Å²) in [5.74, 6) is 0.307. The van der Waals surface area contributed by atoms with Gasteiger partial charge in [0.1, 0.15) is 5.76 Å². The van der Waals surface area contributed by atoms with E-state index in [1.165, 1.54) is 0 Å². The van der Waals surface area contributed by atoms with Crippen molar-refractivity contribution in [3.05, 3.63) is 24.2 Å². The smallest absolute Gasteiger partial charge is 0.230 e. The van der Waals surface area contributed by atoms with Crippen LogP contribution in [0.3, 0.4) is 0 Å². The average molecular weight is 193 g/mol. The van der Waals surface area contributed by atoms with Gasteiger partial charge in [0, 0.05) is 18.8 Å². The summed E-state index contributed by atoms with van der Waals surface area (Å²) in [4.78, 5) is 22.2. The van der Waals surface area contributed by atoms with E-state index < -0.39 is 0 Å². The van der Waals surface area contributed by atoms with Gasteiger partial charge in [0.2, 0.25) is 11.8 Å². The van der Waals surface area contributed by atoms with E-state index in [9.17, 15) is 9.59 Å². The van der Waals surface area contributed by atoms with Crippen LogP contribution in [0.2, 0.25) is 0 Å². The number of hydrogen-bond acceptors (Lipinski definition) is 3. The molecule has 0 spiro atoms. The number of nitrogens with one attached hydrogen (secondary N) is 1. The Morgan fingerprint density at radius 3 is 3.00 bits per heavy atom. The number of rotatable bonds is 2. The van der Waals surface area contributed by atoms with E-state index in [1.54, 1.807) is 12.3 Å². The first kappa shape index (κ1) is 8.99. The van der Waals surface area contributed by atoms with Crippen LogP contribution in [0.25, 0.3) is 0 Å². The summed E-state index contributed by atoms with van der Waals surface area (Å²) in [6.07, 6.45) is 3.20. The number of amides is 2. The van der Waals surface area contributed by atoms with Gasteiger partial charge in [0.05, 0.1) is 6.26 Å². The van der Waals surface area contributed by atoms with Crippen molar-refractivity contribution in [2.45, 2.75) is 19.3 Å². The molecule has 0 bridgehead atoms. The van der Waals surface area contributed by atoms with Crippen molar-refractivity contribution in [2.24, 2.45) is 5.92 Å². The first-order valence-corrected chi connectivity index (χ1v) is 4.62. The van der Waals surface area contributed by atoms with Crippen LogP contribution in [0.1, 0.15) is 18.6 Å². The van der Waals surface area contributed by atoms with Crippen molar-refractivity contribution in [3.8, 4) is 0 Å². The van der Waals surface area contributed by atoms with E-state index in [2.05, 4.69) is 5.32 Å². The van der Waals surface area contributed by atoms with Gasteiger partial charge < -0.3 is 4.42 Å². The molecule has 2 rings (SSSR count). The third-order valence-electron chi connectivity index (χ3n) is 2.38. The molecule has 1 aromatic rings. The Labute approximate surface area is 81.3 Å². The largest absolute Gasteiger partial charge is 0.469 e. The van der Waals surface area contributed by atoms with E-state index in [-0.39, 0.29) is 17.7 Å². The highest BCUT2D eigenvalue weighted by molar-refractivity contribution is 5.98. The molecule has 1 saturated heterocycles. The van der Waals surface area contributed by atoms with Gasteiger partial charge in [-0.2, -0.15) is 0 Å². The Bertz CT molecular complexity index is 342. The molecular weight excluding hydrogens is 182 g/mol. The lowest BCUT2D eigenvalue weighted by molar-refractivity contribution is -0.136. The third kappa shape index (κ3) is 1.84. The average Bonchev–Trinajstić information content (AvgIpc) is 2.62. The lowest BCUT2D eigenvalue weighted by Gasteiger charge is -2.19. The summed E-state index contributed by atoms with van der Waals surface area (Å²) in [5, 5.41) is 2.32. The van der Waals surface area contributed by atoms with Crippen LogP contribution in [0.4, 0.5) is 0 Å². The summed E-state index contributed by atoms with van der Waals surface area (Å²) >= 11 is 0. The molecule has 2 amide bonds. The molecule has 4 nitrogen and oxygen atoms in total. The summed E-state index contributed by atoms with van der Waals surface area (Å²) < 4.78 is 5.15. The minimum absolute atomic E-state index is 0.126. The predicted octanol–water partition coefficient (Wildman–Crippen LogP) is 0.875. The zero-order valence-electron chi connectivity index (χ0n) is 7.66. The molecule has 1 atom stereocenters. The molecule has 2 heterocycles. The van der Waals surface area contributed by atoms with Gasteiger partial charge in [-0.1, -0.05) is 0 Å². The highest BCUT2D eigenvalue weighted by atomic mass is 16.3. The molecule has 0 saturated carbocycles. The summed E-state index contributed by atoms with van der Waals surface area (Å²) in [5.41, 5.74) is 0. The van der Waals surface area contributed by atoms with Crippen LogP contribution in [0.15, 0.2) is 22.8 Å². The fourth-order valence-corrected chi connectivity index (χ4v) is 1.60. The van der Waals surface area contributed by atoms with Crippen molar-refractivity contribution < 1.29 is 14.0 Å². The number of piperidine rings is 1. The van der Waals surface area contributed by atoms with Crippen LogP contribution < -0.4 is 5.32 Å². The third-order valence-corrected chi connectivity index (χ3v) is 2.38. The predicted molar refractivity (Wildman–Crippen MR) is 48.3 cm³/mol. The number of hydrogen-bond donors (Lipinski definition) is 1. The second-order valence-corrected chi connectivity index (χ2v) is 3.43. The van der Waals surface area contributed by atoms with E-state index in [1.807, 2.05) is 6.07 Å². The van der Waals surface area contributed by atoms with Crippen molar-refractivity contribution in [1.29, 1.82) is 0 Å². The SMILES string of the molecule is O=C1CCC(Cc2ccco2)C(=O)N1. The van der Waals surface area contributed by atoms with Crippen molar-refractivity contribution in [1.82, 2.24) is 5.32 Å². The van der Waals surface area contributed by atoms with Crippen LogP contribution in [-0.4, -0.2) is 11.8 Å².